The summed E-state index contributed by atoms with van der Waals surface area (Å²) in [6.45, 7) is 0. The van der Waals surface area contributed by atoms with E-state index in [1.807, 2.05) is 0 Å². The van der Waals surface area contributed by atoms with Crippen molar-refractivity contribution in [2.75, 3.05) is 0 Å². The lowest BCUT2D eigenvalue weighted by molar-refractivity contribution is 0.529. The molecule has 0 fully saturated rings. The van der Waals surface area contributed by atoms with Crippen LogP contribution < -0.4 is 4.18 Å². The van der Waals surface area contributed by atoms with Gasteiger partial charge in [-0.3, -0.25) is 0 Å². The maximum atomic E-state index is 12.8. The Bertz CT molecular complexity index is 295. The molecule has 0 amide bonds. The molecule has 12 heavy (non-hydrogen) atoms. The fourth-order valence-electron chi connectivity index (χ4n) is 0.602. The minimum absolute atomic E-state index is 0.0605. The Hall–Kier alpha value is -0.190. The summed E-state index contributed by atoms with van der Waals surface area (Å²) in [7, 11) is 0. The average molecular weight is 231 g/mol. The van der Waals surface area contributed by atoms with Crippen molar-refractivity contribution in [2.24, 2.45) is 0 Å². The highest BCUT2D eigenvalue weighted by Gasteiger charge is 2.08. The van der Waals surface area contributed by atoms with Crippen LogP contribution in [0.15, 0.2) is 12.1 Å². The van der Waals surface area contributed by atoms with Gasteiger partial charge in [0, 0.05) is 6.07 Å². The van der Waals surface area contributed by atoms with Crippen LogP contribution in [0, 0.1) is 5.82 Å². The molecule has 0 heterocycles. The maximum Gasteiger partial charge on any atom is 0.272 e. The number of hydrogen-bond acceptors (Lipinski definition) is 2. The van der Waals surface area contributed by atoms with Gasteiger partial charge < -0.3 is 4.18 Å². The molecule has 66 valence electrons. The molecule has 0 saturated carbocycles. The highest BCUT2D eigenvalue weighted by Crippen LogP contribution is 2.31. The predicted molar refractivity (Wildman–Crippen MR) is 45.7 cm³/mol. The van der Waals surface area contributed by atoms with Crippen molar-refractivity contribution in [1.29, 1.82) is 0 Å². The van der Waals surface area contributed by atoms with E-state index in [9.17, 15) is 8.28 Å². The topological polar surface area (TPSA) is 9.23 Å². The molecule has 0 N–H and O–H groups in total. The SMILES string of the molecule is FSOc1cc(Cl)c(Cl)cc1F. The maximum absolute atomic E-state index is 12.8. The fraction of sp³-hybridized carbons (Fsp3) is 0. The second kappa shape index (κ2) is 4.16. The Morgan fingerprint density at radius 1 is 1.25 bits per heavy atom. The Kier molecular flexibility index (Phi) is 3.43. The first-order valence-corrected chi connectivity index (χ1v) is 4.14. The lowest BCUT2D eigenvalue weighted by atomic mass is 10.3. The van der Waals surface area contributed by atoms with Crippen LogP contribution in [0.1, 0.15) is 0 Å². The van der Waals surface area contributed by atoms with Crippen molar-refractivity contribution in [3.05, 3.63) is 28.0 Å². The van der Waals surface area contributed by atoms with E-state index in [1.165, 1.54) is 0 Å². The van der Waals surface area contributed by atoms with Gasteiger partial charge in [0.05, 0.1) is 10.0 Å². The molecule has 0 unspecified atom stereocenters. The lowest BCUT2D eigenvalue weighted by Crippen LogP contribution is -1.84. The Labute approximate surface area is 82.1 Å². The van der Waals surface area contributed by atoms with Crippen LogP contribution in [0.2, 0.25) is 10.0 Å². The van der Waals surface area contributed by atoms with E-state index in [0.29, 0.717) is 0 Å². The fourth-order valence-corrected chi connectivity index (χ4v) is 1.10. The molecule has 1 aromatic rings. The minimum Gasteiger partial charge on any atom is -0.394 e. The zero-order chi connectivity index (χ0) is 9.14. The summed E-state index contributed by atoms with van der Waals surface area (Å²) in [5.41, 5.74) is 0. The summed E-state index contributed by atoms with van der Waals surface area (Å²) >= 11 is 10.5. The van der Waals surface area contributed by atoms with Crippen molar-refractivity contribution in [3.8, 4) is 5.75 Å². The third kappa shape index (κ3) is 2.15. The quantitative estimate of drug-likeness (QED) is 0.561. The summed E-state index contributed by atoms with van der Waals surface area (Å²) < 4.78 is 28.5. The number of hydrogen-bond donors (Lipinski definition) is 0. The van der Waals surface area contributed by atoms with Crippen molar-refractivity contribution in [3.63, 3.8) is 0 Å². The minimum atomic E-state index is -0.755. The second-order valence-corrected chi connectivity index (χ2v) is 2.95. The standard InChI is InChI=1S/C6H2Cl2F2OS/c7-3-1-5(9)6(11-12-10)2-4(3)8/h1-2H. The average Bonchev–Trinajstić information content (AvgIpc) is 2.01. The van der Waals surface area contributed by atoms with E-state index in [2.05, 4.69) is 4.18 Å². The molecule has 0 aliphatic rings. The molecule has 1 aromatic carbocycles. The first-order valence-electron chi connectivity index (χ1n) is 2.75. The van der Waals surface area contributed by atoms with Gasteiger partial charge in [-0.05, 0) is 6.07 Å². The summed E-state index contributed by atoms with van der Waals surface area (Å²) in [5, 5.41) is 0.174. The smallest absolute Gasteiger partial charge is 0.272 e. The van der Waals surface area contributed by atoms with Crippen LogP contribution in [0.5, 0.6) is 5.75 Å². The van der Waals surface area contributed by atoms with E-state index in [-0.39, 0.29) is 15.8 Å². The highest BCUT2D eigenvalue weighted by atomic mass is 35.5. The molecule has 1 rings (SSSR count). The molecule has 0 atom stereocenters. The number of halogens is 4. The van der Waals surface area contributed by atoms with Crippen LogP contribution in [-0.4, -0.2) is 0 Å². The lowest BCUT2D eigenvalue weighted by Gasteiger charge is -2.01. The molecule has 0 saturated heterocycles. The number of rotatable bonds is 2. The third-order valence-corrected chi connectivity index (χ3v) is 2.06. The molecule has 0 aliphatic heterocycles. The normalized spacial score (nSPS) is 10.0. The third-order valence-electron chi connectivity index (χ3n) is 1.10. The molecule has 0 aromatic heterocycles. The van der Waals surface area contributed by atoms with E-state index < -0.39 is 18.2 Å². The van der Waals surface area contributed by atoms with Crippen LogP contribution in [0.4, 0.5) is 8.28 Å². The highest BCUT2D eigenvalue weighted by molar-refractivity contribution is 7.89. The van der Waals surface area contributed by atoms with E-state index in [0.717, 1.165) is 12.1 Å². The van der Waals surface area contributed by atoms with Gasteiger partial charge in [-0.2, -0.15) is 0 Å². The van der Waals surface area contributed by atoms with Gasteiger partial charge in [-0.15, -0.1) is 3.89 Å². The van der Waals surface area contributed by atoms with Crippen LogP contribution >= 0.6 is 35.6 Å². The van der Waals surface area contributed by atoms with Crippen molar-refractivity contribution in [1.82, 2.24) is 0 Å². The molecule has 6 heteroatoms. The Balaban J connectivity index is 3.05. The van der Waals surface area contributed by atoms with E-state index >= 15 is 0 Å². The van der Waals surface area contributed by atoms with E-state index in [4.69, 9.17) is 23.2 Å². The van der Waals surface area contributed by atoms with Crippen molar-refractivity contribution < 1.29 is 12.5 Å². The van der Waals surface area contributed by atoms with Crippen LogP contribution in [-0.2, 0) is 0 Å². The van der Waals surface area contributed by atoms with Gasteiger partial charge >= 0.3 is 0 Å². The molecule has 0 bridgehead atoms. The largest absolute Gasteiger partial charge is 0.394 e. The summed E-state index contributed by atoms with van der Waals surface area (Å²) in [5.74, 6) is -1.04. The summed E-state index contributed by atoms with van der Waals surface area (Å²) in [6, 6.07) is 2.06. The Morgan fingerprint density at radius 3 is 2.42 bits per heavy atom. The van der Waals surface area contributed by atoms with Crippen molar-refractivity contribution in [2.45, 2.75) is 0 Å². The monoisotopic (exact) mass is 230 g/mol. The molecule has 0 spiro atoms. The van der Waals surface area contributed by atoms with Gasteiger partial charge in [-0.1, -0.05) is 23.2 Å². The first-order chi connectivity index (χ1) is 5.65. The first kappa shape index (κ1) is 9.89. The molecular weight excluding hydrogens is 229 g/mol. The molecular formula is C6H2Cl2F2OS. The molecule has 0 aliphatic carbocycles. The van der Waals surface area contributed by atoms with E-state index in [1.54, 1.807) is 0 Å². The number of benzene rings is 1. The summed E-state index contributed by atoms with van der Waals surface area (Å²) in [4.78, 5) is 0. The van der Waals surface area contributed by atoms with Gasteiger partial charge in [0.1, 0.15) is 0 Å². The zero-order valence-electron chi connectivity index (χ0n) is 5.48. The van der Waals surface area contributed by atoms with Crippen molar-refractivity contribution >= 4 is 35.6 Å². The van der Waals surface area contributed by atoms with Crippen LogP contribution in [0.3, 0.4) is 0 Å². The zero-order valence-corrected chi connectivity index (χ0v) is 7.81. The Morgan fingerprint density at radius 2 is 1.83 bits per heavy atom. The molecule has 0 radical (unpaired) electrons. The predicted octanol–water partition coefficient (Wildman–Crippen LogP) is 4.04. The van der Waals surface area contributed by atoms with Gasteiger partial charge in [-0.25, -0.2) is 4.39 Å². The van der Waals surface area contributed by atoms with Gasteiger partial charge in [0.2, 0.25) is 0 Å². The summed E-state index contributed by atoms with van der Waals surface area (Å²) in [6.07, 6.45) is 0. The molecule has 1 nitrogen and oxygen atoms in total. The van der Waals surface area contributed by atoms with Gasteiger partial charge in [0.15, 0.2) is 11.6 Å². The van der Waals surface area contributed by atoms with Crippen LogP contribution in [0.25, 0.3) is 0 Å². The second-order valence-electron chi connectivity index (χ2n) is 1.84. The van der Waals surface area contributed by atoms with Gasteiger partial charge in [0.25, 0.3) is 12.4 Å².